The second-order valence-electron chi connectivity index (χ2n) is 5.82. The number of piperidine rings is 1. The number of nitrogens with one attached hydrogen (secondary N) is 1. The van der Waals surface area contributed by atoms with E-state index in [0.29, 0.717) is 25.1 Å². The highest BCUT2D eigenvalue weighted by atomic mass is 16.5. The Kier molecular flexibility index (Phi) is 3.54. The maximum absolute atomic E-state index is 11.9. The number of ether oxygens (including phenoxy) is 1. The lowest BCUT2D eigenvalue weighted by molar-refractivity contribution is -0.146. The monoisotopic (exact) mass is 263 g/mol. The van der Waals surface area contributed by atoms with Crippen LogP contribution in [0.25, 0.3) is 0 Å². The van der Waals surface area contributed by atoms with Crippen molar-refractivity contribution in [1.29, 1.82) is 0 Å². The normalized spacial score (nSPS) is 25.8. The van der Waals surface area contributed by atoms with Crippen LogP contribution in [0.15, 0.2) is 24.3 Å². The maximum atomic E-state index is 11.9. The molecule has 1 fully saturated rings. The third-order valence-electron chi connectivity index (χ3n) is 3.93. The van der Waals surface area contributed by atoms with Gasteiger partial charge in [-0.1, -0.05) is 18.2 Å². The van der Waals surface area contributed by atoms with E-state index in [1.807, 2.05) is 38.1 Å². The first kappa shape index (κ1) is 13.9. The van der Waals surface area contributed by atoms with Crippen molar-refractivity contribution >= 4 is 5.97 Å². The van der Waals surface area contributed by atoms with E-state index in [1.54, 1.807) is 7.11 Å². The summed E-state index contributed by atoms with van der Waals surface area (Å²) in [4.78, 5) is 11.9. The van der Waals surface area contributed by atoms with Gasteiger partial charge in [0.25, 0.3) is 0 Å². The Morgan fingerprint density at radius 3 is 2.63 bits per heavy atom. The van der Waals surface area contributed by atoms with Gasteiger partial charge in [0.15, 0.2) is 0 Å². The molecule has 1 heterocycles. The minimum atomic E-state index is -0.874. The first-order valence-electron chi connectivity index (χ1n) is 6.53. The molecule has 104 valence electrons. The fourth-order valence-corrected chi connectivity index (χ4v) is 3.09. The van der Waals surface area contributed by atoms with Gasteiger partial charge < -0.3 is 15.2 Å². The molecule has 1 aromatic carbocycles. The largest absolute Gasteiger partial charge is 0.496 e. The highest BCUT2D eigenvalue weighted by Gasteiger charge is 2.48. The number of benzene rings is 1. The molecule has 0 amide bonds. The quantitative estimate of drug-likeness (QED) is 0.877. The van der Waals surface area contributed by atoms with Crippen molar-refractivity contribution in [2.24, 2.45) is 0 Å². The van der Waals surface area contributed by atoms with Crippen LogP contribution in [0.4, 0.5) is 0 Å². The van der Waals surface area contributed by atoms with Crippen LogP contribution in [-0.2, 0) is 10.2 Å². The molecule has 2 rings (SSSR count). The number of carboxylic acid groups (broad SMARTS) is 1. The average molecular weight is 263 g/mol. The topological polar surface area (TPSA) is 58.6 Å². The summed E-state index contributed by atoms with van der Waals surface area (Å²) < 4.78 is 5.36. The fourth-order valence-electron chi connectivity index (χ4n) is 3.09. The van der Waals surface area contributed by atoms with Gasteiger partial charge in [-0.3, -0.25) is 4.79 Å². The van der Waals surface area contributed by atoms with E-state index in [2.05, 4.69) is 5.32 Å². The molecule has 0 spiro atoms. The van der Waals surface area contributed by atoms with Gasteiger partial charge in [0.05, 0.1) is 12.5 Å². The van der Waals surface area contributed by atoms with Crippen LogP contribution in [0.5, 0.6) is 5.75 Å². The molecule has 1 unspecified atom stereocenters. The first-order chi connectivity index (χ1) is 8.91. The molecule has 0 aromatic heterocycles. The molecule has 1 saturated heterocycles. The van der Waals surface area contributed by atoms with E-state index < -0.39 is 11.4 Å². The van der Waals surface area contributed by atoms with Crippen molar-refractivity contribution in [1.82, 2.24) is 5.32 Å². The number of hydrogen-bond acceptors (Lipinski definition) is 3. The van der Waals surface area contributed by atoms with Gasteiger partial charge >= 0.3 is 5.97 Å². The zero-order valence-electron chi connectivity index (χ0n) is 11.7. The zero-order chi connectivity index (χ0) is 14.1. The van der Waals surface area contributed by atoms with Gasteiger partial charge in [-0.05, 0) is 39.3 Å². The molecular weight excluding hydrogens is 242 g/mol. The smallest absolute Gasteiger partial charge is 0.314 e. The van der Waals surface area contributed by atoms with E-state index in [1.165, 1.54) is 0 Å². The molecule has 19 heavy (non-hydrogen) atoms. The molecule has 0 bridgehead atoms. The van der Waals surface area contributed by atoms with Crippen LogP contribution >= 0.6 is 0 Å². The van der Waals surface area contributed by atoms with E-state index in [-0.39, 0.29) is 5.54 Å². The Balaban J connectivity index is 2.53. The number of hydrogen-bond donors (Lipinski definition) is 2. The van der Waals surface area contributed by atoms with Crippen molar-refractivity contribution in [3.05, 3.63) is 29.8 Å². The van der Waals surface area contributed by atoms with Crippen LogP contribution in [0.2, 0.25) is 0 Å². The third-order valence-corrected chi connectivity index (χ3v) is 3.93. The van der Waals surface area contributed by atoms with E-state index in [9.17, 15) is 9.90 Å². The summed E-state index contributed by atoms with van der Waals surface area (Å²) in [5.41, 5.74) is -0.293. The van der Waals surface area contributed by atoms with Gasteiger partial charge in [-0.25, -0.2) is 0 Å². The molecule has 0 saturated carbocycles. The predicted octanol–water partition coefficient (Wildman–Crippen LogP) is 2.18. The van der Waals surface area contributed by atoms with Crippen LogP contribution < -0.4 is 10.1 Å². The van der Waals surface area contributed by atoms with Gasteiger partial charge in [-0.15, -0.1) is 0 Å². The molecule has 0 aliphatic carbocycles. The van der Waals surface area contributed by atoms with Crippen molar-refractivity contribution in [2.45, 2.75) is 37.6 Å². The van der Waals surface area contributed by atoms with Gasteiger partial charge in [0.2, 0.25) is 0 Å². The molecule has 1 aliphatic rings. The number of rotatable bonds is 3. The Labute approximate surface area is 113 Å². The molecule has 1 aromatic rings. The molecule has 2 N–H and O–H groups in total. The standard InChI is InChI=1S/C15H21NO3/c1-14(2)10-15(13(17)18,8-9-16-14)11-6-4-5-7-12(11)19-3/h4-7,16H,8-10H2,1-3H3,(H,17,18). The summed E-state index contributed by atoms with van der Waals surface area (Å²) in [6.45, 7) is 4.77. The van der Waals surface area contributed by atoms with Crippen LogP contribution in [0, 0.1) is 0 Å². The van der Waals surface area contributed by atoms with Crippen LogP contribution in [-0.4, -0.2) is 30.3 Å². The van der Waals surface area contributed by atoms with E-state index in [0.717, 1.165) is 5.56 Å². The van der Waals surface area contributed by atoms with Crippen molar-refractivity contribution in [2.75, 3.05) is 13.7 Å². The fraction of sp³-hybridized carbons (Fsp3) is 0.533. The highest BCUT2D eigenvalue weighted by Crippen LogP contribution is 2.43. The first-order valence-corrected chi connectivity index (χ1v) is 6.53. The number of aliphatic carboxylic acids is 1. The summed E-state index contributed by atoms with van der Waals surface area (Å²) in [6.07, 6.45) is 1.13. The molecule has 1 atom stereocenters. The molecule has 0 radical (unpaired) electrons. The number of carbonyl (C=O) groups is 1. The summed E-state index contributed by atoms with van der Waals surface area (Å²) in [5, 5.41) is 13.2. The molecular formula is C15H21NO3. The zero-order valence-corrected chi connectivity index (χ0v) is 11.7. The summed E-state index contributed by atoms with van der Waals surface area (Å²) in [7, 11) is 1.58. The number of methoxy groups -OCH3 is 1. The lowest BCUT2D eigenvalue weighted by Crippen LogP contribution is -2.55. The minimum Gasteiger partial charge on any atom is -0.496 e. The Morgan fingerprint density at radius 1 is 1.37 bits per heavy atom. The van der Waals surface area contributed by atoms with Crippen LogP contribution in [0.3, 0.4) is 0 Å². The minimum absolute atomic E-state index is 0.197. The predicted molar refractivity (Wildman–Crippen MR) is 73.6 cm³/mol. The van der Waals surface area contributed by atoms with Crippen molar-refractivity contribution in [3.63, 3.8) is 0 Å². The molecule has 1 aliphatic heterocycles. The van der Waals surface area contributed by atoms with Crippen molar-refractivity contribution < 1.29 is 14.6 Å². The van der Waals surface area contributed by atoms with Crippen LogP contribution in [0.1, 0.15) is 32.3 Å². The van der Waals surface area contributed by atoms with Gasteiger partial charge in [-0.2, -0.15) is 0 Å². The maximum Gasteiger partial charge on any atom is 0.314 e. The Bertz CT molecular complexity index is 484. The van der Waals surface area contributed by atoms with Gasteiger partial charge in [0.1, 0.15) is 5.75 Å². The average Bonchev–Trinajstić information content (AvgIpc) is 2.37. The SMILES string of the molecule is COc1ccccc1C1(C(=O)O)CCNC(C)(C)C1. The molecule has 4 heteroatoms. The summed E-state index contributed by atoms with van der Waals surface area (Å²) >= 11 is 0. The summed E-state index contributed by atoms with van der Waals surface area (Å²) in [6, 6.07) is 7.44. The van der Waals surface area contributed by atoms with E-state index in [4.69, 9.17) is 4.74 Å². The lowest BCUT2D eigenvalue weighted by Gasteiger charge is -2.43. The van der Waals surface area contributed by atoms with E-state index >= 15 is 0 Å². The number of para-hydroxylation sites is 1. The second-order valence-corrected chi connectivity index (χ2v) is 5.82. The molecule has 4 nitrogen and oxygen atoms in total. The summed E-state index contributed by atoms with van der Waals surface area (Å²) in [5.74, 6) is -0.117. The second kappa shape index (κ2) is 4.85. The number of carboxylic acids is 1. The lowest BCUT2D eigenvalue weighted by atomic mass is 9.67. The van der Waals surface area contributed by atoms with Crippen molar-refractivity contribution in [3.8, 4) is 5.75 Å². The Hall–Kier alpha value is -1.55. The van der Waals surface area contributed by atoms with Gasteiger partial charge in [0, 0.05) is 11.1 Å². The third kappa shape index (κ3) is 2.45. The Morgan fingerprint density at radius 2 is 2.05 bits per heavy atom. The highest BCUT2D eigenvalue weighted by molar-refractivity contribution is 5.83.